The van der Waals surface area contributed by atoms with Gasteiger partial charge in [0, 0.05) is 5.57 Å². The Hall–Kier alpha value is -0.910. The molecule has 0 aliphatic heterocycles. The number of hydrogen-bond donors (Lipinski definition) is 0. The molecule has 0 aromatic heterocycles. The molecule has 0 amide bonds. The molecule has 1 atom stereocenters. The average molecular weight is 393 g/mol. The Labute approximate surface area is 171 Å². The Morgan fingerprint density at radius 1 is 1.11 bits per heavy atom. The molecule has 0 N–H and O–H groups in total. The lowest BCUT2D eigenvalue weighted by molar-refractivity contribution is 0.0289. The van der Waals surface area contributed by atoms with Gasteiger partial charge in [0.1, 0.15) is 12.2 Å². The highest BCUT2D eigenvalue weighted by atomic mass is 35.5. The van der Waals surface area contributed by atoms with Gasteiger partial charge in [-0.05, 0) is 62.5 Å². The smallest absolute Gasteiger partial charge is 0.131 e. The summed E-state index contributed by atoms with van der Waals surface area (Å²) >= 11 is 6.40. The first-order chi connectivity index (χ1) is 13.0. The van der Waals surface area contributed by atoms with Crippen LogP contribution in [0.2, 0.25) is 0 Å². The van der Waals surface area contributed by atoms with Crippen LogP contribution in [-0.4, -0.2) is 18.8 Å². The van der Waals surface area contributed by atoms with Gasteiger partial charge in [0.15, 0.2) is 0 Å². The van der Waals surface area contributed by atoms with E-state index in [0.717, 1.165) is 17.8 Å². The Balaban J connectivity index is 1.67. The van der Waals surface area contributed by atoms with Crippen LogP contribution in [0.5, 0.6) is 0 Å². The lowest BCUT2D eigenvalue weighted by Gasteiger charge is -2.35. The molecule has 2 fully saturated rings. The number of allylic oxidation sites excluding steroid dienone is 4. The van der Waals surface area contributed by atoms with Crippen molar-refractivity contribution >= 4 is 11.6 Å². The van der Waals surface area contributed by atoms with Gasteiger partial charge in [-0.2, -0.15) is 0 Å². The zero-order valence-electron chi connectivity index (χ0n) is 17.3. The first-order valence-electron chi connectivity index (χ1n) is 10.8. The summed E-state index contributed by atoms with van der Waals surface area (Å²) in [6.07, 6.45) is 23.6. The molecule has 1 unspecified atom stereocenters. The number of ether oxygens (including phenoxy) is 2. The normalized spacial score (nSPS) is 22.9. The highest BCUT2D eigenvalue weighted by Gasteiger charge is 2.29. The van der Waals surface area contributed by atoms with Crippen LogP contribution in [0.3, 0.4) is 0 Å². The Bertz CT molecular complexity index is 531. The van der Waals surface area contributed by atoms with E-state index in [-0.39, 0.29) is 5.56 Å². The summed E-state index contributed by atoms with van der Waals surface area (Å²) in [5, 5.41) is 0. The minimum atomic E-state index is -0.222. The molecule has 2 rings (SSSR count). The molecule has 0 radical (unpaired) electrons. The van der Waals surface area contributed by atoms with Gasteiger partial charge in [-0.25, -0.2) is 0 Å². The lowest BCUT2D eigenvalue weighted by Crippen LogP contribution is -2.25. The fourth-order valence-electron chi connectivity index (χ4n) is 4.41. The first kappa shape index (κ1) is 22.4. The van der Waals surface area contributed by atoms with E-state index in [1.807, 2.05) is 13.0 Å². The summed E-state index contributed by atoms with van der Waals surface area (Å²) in [4.78, 5) is 0. The standard InChI is InChI=1S/C24H37ClO2/c1-4-21(22-11-7-5-8-12-22)14-13-20(2)26-17-18-27-23(25)19-24(3)15-9-6-10-16-24/h1,13-14,22-23H,5-12,15-19H2,2-3H3. The van der Waals surface area contributed by atoms with E-state index in [1.54, 1.807) is 0 Å². The van der Waals surface area contributed by atoms with E-state index < -0.39 is 0 Å². The van der Waals surface area contributed by atoms with Crippen molar-refractivity contribution in [2.45, 2.75) is 90.0 Å². The second-order valence-electron chi connectivity index (χ2n) is 8.58. The van der Waals surface area contributed by atoms with E-state index in [0.29, 0.717) is 24.5 Å². The maximum Gasteiger partial charge on any atom is 0.131 e. The summed E-state index contributed by atoms with van der Waals surface area (Å²) in [6.45, 7) is 5.34. The Morgan fingerprint density at radius 2 is 1.78 bits per heavy atom. The van der Waals surface area contributed by atoms with E-state index in [1.165, 1.54) is 64.2 Å². The monoisotopic (exact) mass is 392 g/mol. The van der Waals surface area contributed by atoms with Gasteiger partial charge in [-0.1, -0.05) is 63.0 Å². The summed E-state index contributed by atoms with van der Waals surface area (Å²) in [7, 11) is 0. The van der Waals surface area contributed by atoms with Crippen LogP contribution < -0.4 is 0 Å². The molecule has 2 aliphatic rings. The molecule has 152 valence electrons. The third kappa shape index (κ3) is 8.32. The molecule has 27 heavy (non-hydrogen) atoms. The summed E-state index contributed by atoms with van der Waals surface area (Å²) in [5.74, 6) is 4.29. The van der Waals surface area contributed by atoms with Gasteiger partial charge in [-0.15, -0.1) is 6.42 Å². The zero-order valence-corrected chi connectivity index (χ0v) is 18.0. The molecule has 3 heteroatoms. The second kappa shape index (κ2) is 11.8. The van der Waals surface area contributed by atoms with Crippen LogP contribution in [0.15, 0.2) is 23.5 Å². The maximum atomic E-state index is 6.40. The number of hydrogen-bond acceptors (Lipinski definition) is 2. The largest absolute Gasteiger partial charge is 0.496 e. The molecule has 0 heterocycles. The van der Waals surface area contributed by atoms with Crippen molar-refractivity contribution in [1.29, 1.82) is 0 Å². The number of terminal acetylenes is 1. The van der Waals surface area contributed by atoms with Crippen LogP contribution in [0.4, 0.5) is 0 Å². The van der Waals surface area contributed by atoms with Crippen LogP contribution >= 0.6 is 11.6 Å². The summed E-state index contributed by atoms with van der Waals surface area (Å²) < 4.78 is 11.5. The summed E-state index contributed by atoms with van der Waals surface area (Å²) in [5.41, 5.74) is 1.23. The topological polar surface area (TPSA) is 18.5 Å². The highest BCUT2D eigenvalue weighted by molar-refractivity contribution is 6.19. The van der Waals surface area contributed by atoms with E-state index >= 15 is 0 Å². The van der Waals surface area contributed by atoms with Gasteiger partial charge in [0.05, 0.1) is 12.4 Å². The van der Waals surface area contributed by atoms with Crippen LogP contribution in [0.1, 0.15) is 84.5 Å². The fourth-order valence-corrected chi connectivity index (χ4v) is 4.87. The van der Waals surface area contributed by atoms with Gasteiger partial charge < -0.3 is 9.47 Å². The minimum absolute atomic E-state index is 0.222. The van der Waals surface area contributed by atoms with Crippen LogP contribution in [0, 0.1) is 23.7 Å². The molecule has 0 aromatic carbocycles. The molecule has 2 aliphatic carbocycles. The molecule has 0 aromatic rings. The molecular formula is C24H37ClO2. The maximum absolute atomic E-state index is 6.40. The predicted molar refractivity (Wildman–Crippen MR) is 115 cm³/mol. The third-order valence-corrected chi connectivity index (χ3v) is 6.42. The van der Waals surface area contributed by atoms with Crippen LogP contribution in [-0.2, 0) is 9.47 Å². The Morgan fingerprint density at radius 3 is 2.44 bits per heavy atom. The van der Waals surface area contributed by atoms with Gasteiger partial charge in [0.2, 0.25) is 0 Å². The molecular weight excluding hydrogens is 356 g/mol. The van der Waals surface area contributed by atoms with E-state index in [9.17, 15) is 0 Å². The van der Waals surface area contributed by atoms with E-state index in [4.69, 9.17) is 27.5 Å². The number of alkyl halides is 1. The third-order valence-electron chi connectivity index (χ3n) is 6.13. The van der Waals surface area contributed by atoms with Crippen molar-refractivity contribution in [1.82, 2.24) is 0 Å². The van der Waals surface area contributed by atoms with Crippen molar-refractivity contribution < 1.29 is 9.47 Å². The van der Waals surface area contributed by atoms with Gasteiger partial charge >= 0.3 is 0 Å². The number of halogens is 1. The molecule has 0 saturated heterocycles. The van der Waals surface area contributed by atoms with Crippen LogP contribution in [0.25, 0.3) is 0 Å². The molecule has 0 bridgehead atoms. The quantitative estimate of drug-likeness (QED) is 0.138. The molecule has 2 nitrogen and oxygen atoms in total. The van der Waals surface area contributed by atoms with Crippen molar-refractivity contribution in [3.05, 3.63) is 23.5 Å². The SMILES string of the molecule is C#CC(=CC=C(C)OCCOC(Cl)CC1(C)CCCCC1)C1CCCCC1. The summed E-state index contributed by atoms with van der Waals surface area (Å²) in [6, 6.07) is 0. The van der Waals surface area contributed by atoms with E-state index in [2.05, 4.69) is 18.9 Å². The van der Waals surface area contributed by atoms with Gasteiger partial charge in [-0.3, -0.25) is 0 Å². The highest BCUT2D eigenvalue weighted by Crippen LogP contribution is 2.40. The zero-order chi connectivity index (χ0) is 19.5. The molecule has 2 saturated carbocycles. The van der Waals surface area contributed by atoms with Gasteiger partial charge in [0.25, 0.3) is 0 Å². The van der Waals surface area contributed by atoms with Crippen molar-refractivity contribution in [2.75, 3.05) is 13.2 Å². The number of rotatable bonds is 9. The van der Waals surface area contributed by atoms with Crippen molar-refractivity contribution in [2.24, 2.45) is 11.3 Å². The van der Waals surface area contributed by atoms with Crippen molar-refractivity contribution in [3.63, 3.8) is 0 Å². The van der Waals surface area contributed by atoms with Crippen molar-refractivity contribution in [3.8, 4) is 12.3 Å². The minimum Gasteiger partial charge on any atom is -0.496 e. The molecule has 0 spiro atoms. The fraction of sp³-hybridized carbons (Fsp3) is 0.750. The lowest BCUT2D eigenvalue weighted by atomic mass is 9.74. The first-order valence-corrected chi connectivity index (χ1v) is 11.2. The predicted octanol–water partition coefficient (Wildman–Crippen LogP) is 6.99. The second-order valence-corrected chi connectivity index (χ2v) is 9.07. The average Bonchev–Trinajstić information content (AvgIpc) is 2.67. The Kier molecular flexibility index (Phi) is 9.80.